The first-order valence-electron chi connectivity index (χ1n) is 4.17. The van der Waals surface area contributed by atoms with Gasteiger partial charge in [0, 0.05) is 12.7 Å². The highest BCUT2D eigenvalue weighted by molar-refractivity contribution is 5.96. The van der Waals surface area contributed by atoms with Crippen molar-refractivity contribution in [2.75, 3.05) is 6.54 Å². The number of hydrogen-bond donors (Lipinski definition) is 2. The molecule has 0 spiro atoms. The molecule has 70 valence electrons. The van der Waals surface area contributed by atoms with Crippen LogP contribution >= 0.6 is 0 Å². The number of rotatable bonds is 3. The Hall–Kier alpha value is -1.58. The van der Waals surface area contributed by atoms with Crippen molar-refractivity contribution < 1.29 is 9.90 Å². The SMILES string of the molecule is CCCNC(=O)c1ccncc1O. The number of nitrogens with one attached hydrogen (secondary N) is 1. The smallest absolute Gasteiger partial charge is 0.255 e. The van der Waals surface area contributed by atoms with Crippen molar-refractivity contribution >= 4 is 5.91 Å². The maximum atomic E-state index is 11.3. The Balaban J connectivity index is 2.71. The topological polar surface area (TPSA) is 62.2 Å². The first-order chi connectivity index (χ1) is 6.25. The van der Waals surface area contributed by atoms with Crippen LogP contribution in [0.2, 0.25) is 0 Å². The Kier molecular flexibility index (Phi) is 3.25. The third kappa shape index (κ3) is 2.43. The van der Waals surface area contributed by atoms with Gasteiger partial charge in [-0.05, 0) is 12.5 Å². The van der Waals surface area contributed by atoms with Gasteiger partial charge in [-0.25, -0.2) is 0 Å². The van der Waals surface area contributed by atoms with Crippen LogP contribution in [0.5, 0.6) is 5.75 Å². The molecule has 0 bridgehead atoms. The van der Waals surface area contributed by atoms with Crippen molar-refractivity contribution in [1.82, 2.24) is 10.3 Å². The summed E-state index contributed by atoms with van der Waals surface area (Å²) in [6, 6.07) is 1.49. The number of nitrogens with zero attached hydrogens (tertiary/aromatic N) is 1. The number of carbonyl (C=O) groups excluding carboxylic acids is 1. The number of pyridine rings is 1. The Bertz CT molecular complexity index is 299. The maximum absolute atomic E-state index is 11.3. The molecule has 1 aromatic heterocycles. The van der Waals surface area contributed by atoms with Crippen LogP contribution in [-0.4, -0.2) is 22.5 Å². The molecule has 1 heterocycles. The summed E-state index contributed by atoms with van der Waals surface area (Å²) in [4.78, 5) is 15.0. The number of hydrogen-bond acceptors (Lipinski definition) is 3. The van der Waals surface area contributed by atoms with Crippen molar-refractivity contribution in [2.24, 2.45) is 0 Å². The van der Waals surface area contributed by atoms with Crippen molar-refractivity contribution in [2.45, 2.75) is 13.3 Å². The van der Waals surface area contributed by atoms with E-state index in [9.17, 15) is 9.90 Å². The lowest BCUT2D eigenvalue weighted by molar-refractivity contribution is 0.0951. The van der Waals surface area contributed by atoms with E-state index in [4.69, 9.17) is 0 Å². The first kappa shape index (κ1) is 9.51. The van der Waals surface area contributed by atoms with Gasteiger partial charge < -0.3 is 10.4 Å². The Labute approximate surface area is 76.6 Å². The van der Waals surface area contributed by atoms with Gasteiger partial charge in [-0.15, -0.1) is 0 Å². The van der Waals surface area contributed by atoms with Crippen molar-refractivity contribution in [3.8, 4) is 5.75 Å². The maximum Gasteiger partial charge on any atom is 0.255 e. The van der Waals surface area contributed by atoms with Gasteiger partial charge in [0.05, 0.1) is 11.8 Å². The summed E-state index contributed by atoms with van der Waals surface area (Å²) in [5.41, 5.74) is 0.267. The van der Waals surface area contributed by atoms with Crippen molar-refractivity contribution in [1.29, 1.82) is 0 Å². The second-order valence-electron chi connectivity index (χ2n) is 2.65. The summed E-state index contributed by atoms with van der Waals surface area (Å²) in [6.45, 7) is 2.58. The normalized spacial score (nSPS) is 9.62. The zero-order valence-electron chi connectivity index (χ0n) is 7.45. The summed E-state index contributed by atoms with van der Waals surface area (Å²) < 4.78 is 0. The fraction of sp³-hybridized carbons (Fsp3) is 0.333. The highest BCUT2D eigenvalue weighted by atomic mass is 16.3. The molecule has 4 heteroatoms. The molecule has 2 N–H and O–H groups in total. The molecule has 13 heavy (non-hydrogen) atoms. The van der Waals surface area contributed by atoms with Gasteiger partial charge in [-0.2, -0.15) is 0 Å². The molecule has 0 atom stereocenters. The minimum atomic E-state index is -0.262. The second kappa shape index (κ2) is 4.45. The van der Waals surface area contributed by atoms with Gasteiger partial charge >= 0.3 is 0 Å². The average Bonchev–Trinajstić information content (AvgIpc) is 2.15. The van der Waals surface area contributed by atoms with Crippen LogP contribution in [0.25, 0.3) is 0 Å². The molecule has 1 rings (SSSR count). The molecule has 4 nitrogen and oxygen atoms in total. The fourth-order valence-electron chi connectivity index (χ4n) is 0.912. The monoisotopic (exact) mass is 180 g/mol. The highest BCUT2D eigenvalue weighted by Gasteiger charge is 2.08. The molecule has 0 radical (unpaired) electrons. The fourth-order valence-corrected chi connectivity index (χ4v) is 0.912. The highest BCUT2D eigenvalue weighted by Crippen LogP contribution is 2.12. The van der Waals surface area contributed by atoms with Gasteiger partial charge in [0.2, 0.25) is 0 Å². The lowest BCUT2D eigenvalue weighted by Crippen LogP contribution is -2.23. The summed E-state index contributed by atoms with van der Waals surface area (Å²) >= 11 is 0. The molecule has 0 aromatic carbocycles. The Morgan fingerprint density at radius 2 is 2.46 bits per heavy atom. The van der Waals surface area contributed by atoms with Crippen LogP contribution in [0.1, 0.15) is 23.7 Å². The van der Waals surface area contributed by atoms with E-state index >= 15 is 0 Å². The van der Waals surface area contributed by atoms with Gasteiger partial charge in [0.1, 0.15) is 5.75 Å². The number of carbonyl (C=O) groups is 1. The Morgan fingerprint density at radius 1 is 1.69 bits per heavy atom. The van der Waals surface area contributed by atoms with Crippen LogP contribution in [0.15, 0.2) is 18.5 Å². The summed E-state index contributed by atoms with van der Waals surface area (Å²) in [7, 11) is 0. The van der Waals surface area contributed by atoms with E-state index in [1.165, 1.54) is 18.5 Å². The van der Waals surface area contributed by atoms with E-state index in [0.29, 0.717) is 6.54 Å². The predicted molar refractivity (Wildman–Crippen MR) is 48.5 cm³/mol. The van der Waals surface area contributed by atoms with Gasteiger partial charge in [0.15, 0.2) is 0 Å². The quantitative estimate of drug-likeness (QED) is 0.727. The molecule has 0 fully saturated rings. The molecule has 0 unspecified atom stereocenters. The predicted octanol–water partition coefficient (Wildman–Crippen LogP) is 0.927. The van der Waals surface area contributed by atoms with E-state index in [2.05, 4.69) is 10.3 Å². The average molecular weight is 180 g/mol. The van der Waals surface area contributed by atoms with E-state index < -0.39 is 0 Å². The lowest BCUT2D eigenvalue weighted by atomic mass is 10.2. The van der Waals surface area contributed by atoms with Crippen LogP contribution in [0.4, 0.5) is 0 Å². The van der Waals surface area contributed by atoms with Gasteiger partial charge in [0.25, 0.3) is 5.91 Å². The minimum Gasteiger partial charge on any atom is -0.505 e. The standard InChI is InChI=1S/C9H12N2O2/c1-2-4-11-9(13)7-3-5-10-6-8(7)12/h3,5-6,12H,2,4H2,1H3,(H,11,13). The van der Waals surface area contributed by atoms with E-state index in [1.54, 1.807) is 0 Å². The first-order valence-corrected chi connectivity index (χ1v) is 4.17. The summed E-state index contributed by atoms with van der Waals surface area (Å²) in [5.74, 6) is -0.349. The van der Waals surface area contributed by atoms with Crippen LogP contribution in [0, 0.1) is 0 Å². The third-order valence-corrected chi connectivity index (χ3v) is 1.58. The number of amides is 1. The second-order valence-corrected chi connectivity index (χ2v) is 2.65. The van der Waals surface area contributed by atoms with E-state index in [0.717, 1.165) is 6.42 Å². The van der Waals surface area contributed by atoms with Crippen LogP contribution < -0.4 is 5.32 Å². The molecule has 1 aromatic rings. The van der Waals surface area contributed by atoms with E-state index in [1.807, 2.05) is 6.92 Å². The van der Waals surface area contributed by atoms with Crippen LogP contribution in [0.3, 0.4) is 0 Å². The van der Waals surface area contributed by atoms with E-state index in [-0.39, 0.29) is 17.2 Å². The minimum absolute atomic E-state index is 0.0869. The summed E-state index contributed by atoms with van der Waals surface area (Å²) in [5, 5.41) is 11.9. The van der Waals surface area contributed by atoms with Crippen molar-refractivity contribution in [3.05, 3.63) is 24.0 Å². The van der Waals surface area contributed by atoms with Crippen molar-refractivity contribution in [3.63, 3.8) is 0 Å². The van der Waals surface area contributed by atoms with Gasteiger partial charge in [-0.3, -0.25) is 9.78 Å². The zero-order valence-corrected chi connectivity index (χ0v) is 7.45. The molecule has 0 aliphatic carbocycles. The zero-order chi connectivity index (χ0) is 9.68. The molecule has 0 saturated heterocycles. The molecule has 1 amide bonds. The van der Waals surface area contributed by atoms with Gasteiger partial charge in [-0.1, -0.05) is 6.92 Å². The number of aromatic hydroxyl groups is 1. The molecule has 0 saturated carbocycles. The molecular formula is C9H12N2O2. The largest absolute Gasteiger partial charge is 0.505 e. The third-order valence-electron chi connectivity index (χ3n) is 1.58. The number of aromatic nitrogens is 1. The molecule has 0 aliphatic heterocycles. The molecule has 0 aliphatic rings. The lowest BCUT2D eigenvalue weighted by Gasteiger charge is -2.03. The summed E-state index contributed by atoms with van der Waals surface area (Å²) in [6.07, 6.45) is 3.60. The van der Waals surface area contributed by atoms with Crippen LogP contribution in [-0.2, 0) is 0 Å². The molecular weight excluding hydrogens is 168 g/mol. The Morgan fingerprint density at radius 3 is 3.08 bits per heavy atom.